The molecular formula is C26H33F3N4O5. The summed E-state index contributed by atoms with van der Waals surface area (Å²) in [6.45, 7) is 9.10. The quantitative estimate of drug-likeness (QED) is 0.272. The van der Waals surface area contributed by atoms with Gasteiger partial charge in [0.15, 0.2) is 5.96 Å². The highest BCUT2D eigenvalue weighted by Gasteiger charge is 2.38. The Hall–Kier alpha value is -3.80. The number of nitrogens with zero attached hydrogens (tertiary/aromatic N) is 3. The number of halogens is 3. The van der Waals surface area contributed by atoms with Crippen molar-refractivity contribution in [1.82, 2.24) is 4.90 Å². The minimum absolute atomic E-state index is 0.253. The normalized spacial score (nSPS) is 14.0. The summed E-state index contributed by atoms with van der Waals surface area (Å²) in [5, 5.41) is 19.8. The van der Waals surface area contributed by atoms with E-state index in [4.69, 9.17) is 19.6 Å². The molecule has 0 amide bonds. The lowest BCUT2D eigenvalue weighted by Crippen LogP contribution is -2.51. The average Bonchev–Trinajstić information content (AvgIpc) is 2.87. The maximum absolute atomic E-state index is 11.3. The molecule has 0 aromatic heterocycles. The fraction of sp³-hybridized carbons (Fsp3) is 0.423. The number of guanidine groups is 1. The SMILES string of the molecule is COCCCN=C(Nc1cccc(C(=O)O)c1)N1CCN(c2cccc(C)c2C)CC1.O=C(O)C(F)(F)F. The second-order valence-corrected chi connectivity index (χ2v) is 8.56. The Morgan fingerprint density at radius 1 is 1.05 bits per heavy atom. The van der Waals surface area contributed by atoms with Crippen LogP contribution in [0.1, 0.15) is 27.9 Å². The first kappa shape index (κ1) is 30.4. The van der Waals surface area contributed by atoms with Crippen LogP contribution in [0, 0.1) is 13.8 Å². The van der Waals surface area contributed by atoms with E-state index in [1.54, 1.807) is 25.3 Å². The predicted molar refractivity (Wildman–Crippen MR) is 139 cm³/mol. The van der Waals surface area contributed by atoms with Gasteiger partial charge in [-0.3, -0.25) is 4.99 Å². The zero-order chi connectivity index (χ0) is 28.3. The van der Waals surface area contributed by atoms with Gasteiger partial charge in [0.05, 0.1) is 5.56 Å². The van der Waals surface area contributed by atoms with Gasteiger partial charge in [0.1, 0.15) is 0 Å². The van der Waals surface area contributed by atoms with Gasteiger partial charge in [-0.2, -0.15) is 13.2 Å². The Morgan fingerprint density at radius 2 is 1.68 bits per heavy atom. The number of alkyl halides is 3. The summed E-state index contributed by atoms with van der Waals surface area (Å²) in [6, 6.07) is 13.3. The van der Waals surface area contributed by atoms with E-state index in [1.807, 2.05) is 6.07 Å². The van der Waals surface area contributed by atoms with E-state index in [0.717, 1.165) is 44.2 Å². The molecule has 3 rings (SSSR count). The number of aliphatic carboxylic acids is 1. The second kappa shape index (κ2) is 14.2. The van der Waals surface area contributed by atoms with Crippen LogP contribution >= 0.6 is 0 Å². The molecular weight excluding hydrogens is 505 g/mol. The zero-order valence-corrected chi connectivity index (χ0v) is 21.6. The lowest BCUT2D eigenvalue weighted by atomic mass is 10.1. The number of piperazine rings is 1. The van der Waals surface area contributed by atoms with Crippen LogP contribution in [-0.4, -0.2) is 85.6 Å². The van der Waals surface area contributed by atoms with Crippen molar-refractivity contribution in [3.63, 3.8) is 0 Å². The molecule has 1 aliphatic rings. The molecule has 1 heterocycles. The zero-order valence-electron chi connectivity index (χ0n) is 21.6. The molecule has 0 radical (unpaired) electrons. The highest BCUT2D eigenvalue weighted by molar-refractivity contribution is 5.96. The van der Waals surface area contributed by atoms with Crippen molar-refractivity contribution in [3.8, 4) is 0 Å². The van der Waals surface area contributed by atoms with E-state index in [1.165, 1.54) is 16.8 Å². The summed E-state index contributed by atoms with van der Waals surface area (Å²) in [6.07, 6.45) is -4.25. The highest BCUT2D eigenvalue weighted by Crippen LogP contribution is 2.24. The molecule has 1 aliphatic heterocycles. The van der Waals surface area contributed by atoms with Gasteiger partial charge >= 0.3 is 18.1 Å². The molecule has 1 saturated heterocycles. The Labute approximate surface area is 219 Å². The van der Waals surface area contributed by atoms with Gasteiger partial charge < -0.3 is 30.1 Å². The lowest BCUT2D eigenvalue weighted by molar-refractivity contribution is -0.192. The Morgan fingerprint density at radius 3 is 2.26 bits per heavy atom. The van der Waals surface area contributed by atoms with E-state index in [9.17, 15) is 23.1 Å². The number of aromatic carboxylic acids is 1. The summed E-state index contributed by atoms with van der Waals surface area (Å²) in [4.78, 5) is 29.6. The van der Waals surface area contributed by atoms with Crippen LogP contribution < -0.4 is 10.2 Å². The van der Waals surface area contributed by atoms with Crippen LogP contribution in [-0.2, 0) is 9.53 Å². The first-order valence-electron chi connectivity index (χ1n) is 11.9. The van der Waals surface area contributed by atoms with Gasteiger partial charge in [-0.15, -0.1) is 0 Å². The van der Waals surface area contributed by atoms with Crippen molar-refractivity contribution < 1.29 is 37.7 Å². The molecule has 0 aliphatic carbocycles. The molecule has 0 spiro atoms. The average molecular weight is 539 g/mol. The number of carboxylic acids is 2. The molecule has 0 unspecified atom stereocenters. The minimum Gasteiger partial charge on any atom is -0.478 e. The molecule has 0 atom stereocenters. The summed E-state index contributed by atoms with van der Waals surface area (Å²) in [5.41, 5.74) is 4.90. The molecule has 12 heteroatoms. The van der Waals surface area contributed by atoms with Gasteiger partial charge in [0, 0.05) is 57.8 Å². The van der Waals surface area contributed by atoms with Crippen LogP contribution in [0.2, 0.25) is 0 Å². The van der Waals surface area contributed by atoms with Crippen molar-refractivity contribution in [2.45, 2.75) is 26.4 Å². The summed E-state index contributed by atoms with van der Waals surface area (Å²) < 4.78 is 36.9. The number of benzene rings is 2. The number of aryl methyl sites for hydroxylation is 1. The van der Waals surface area contributed by atoms with Crippen LogP contribution in [0.4, 0.5) is 24.5 Å². The molecule has 1 fully saturated rings. The number of ether oxygens (including phenoxy) is 1. The van der Waals surface area contributed by atoms with E-state index in [2.05, 4.69) is 47.2 Å². The van der Waals surface area contributed by atoms with Crippen molar-refractivity contribution in [2.24, 2.45) is 4.99 Å². The highest BCUT2D eigenvalue weighted by atomic mass is 19.4. The number of hydrogen-bond acceptors (Lipinski definition) is 5. The summed E-state index contributed by atoms with van der Waals surface area (Å²) in [5.74, 6) is -2.92. The van der Waals surface area contributed by atoms with Gasteiger partial charge in [-0.1, -0.05) is 18.2 Å². The smallest absolute Gasteiger partial charge is 0.478 e. The fourth-order valence-corrected chi connectivity index (χ4v) is 3.71. The predicted octanol–water partition coefficient (Wildman–Crippen LogP) is 4.26. The third-order valence-corrected chi connectivity index (χ3v) is 5.87. The molecule has 2 aromatic carbocycles. The van der Waals surface area contributed by atoms with Crippen LogP contribution in [0.25, 0.3) is 0 Å². The molecule has 38 heavy (non-hydrogen) atoms. The van der Waals surface area contributed by atoms with Gasteiger partial charge in [-0.05, 0) is 55.7 Å². The lowest BCUT2D eigenvalue weighted by Gasteiger charge is -2.38. The number of aliphatic imine (C=N–C) groups is 1. The molecule has 0 saturated carbocycles. The first-order chi connectivity index (χ1) is 17.9. The maximum Gasteiger partial charge on any atom is 0.490 e. The number of rotatable bonds is 7. The molecule has 208 valence electrons. The Balaban J connectivity index is 0.000000638. The summed E-state index contributed by atoms with van der Waals surface area (Å²) >= 11 is 0. The Kier molecular flexibility index (Phi) is 11.4. The Bertz CT molecular complexity index is 1120. The number of carboxylic acid groups (broad SMARTS) is 2. The first-order valence-corrected chi connectivity index (χ1v) is 11.9. The molecule has 9 nitrogen and oxygen atoms in total. The van der Waals surface area contributed by atoms with E-state index in [-0.39, 0.29) is 5.56 Å². The standard InChI is InChI=1S/C24H32N4O3.C2HF3O2/c1-18-7-4-10-22(19(18)2)27-12-14-28(15-13-27)24(25-11-6-16-31-3)26-21-9-5-8-20(17-21)23(29)30;3-2(4,5)1(6)7/h4-5,7-10,17H,6,11-16H2,1-3H3,(H,25,26)(H,29,30);(H,6,7). The van der Waals surface area contributed by atoms with Gasteiger partial charge in [0.25, 0.3) is 0 Å². The number of methoxy groups -OCH3 is 1. The number of carbonyl (C=O) groups is 2. The second-order valence-electron chi connectivity index (χ2n) is 8.56. The third kappa shape index (κ3) is 9.25. The number of nitrogens with one attached hydrogen (secondary N) is 1. The number of anilines is 2. The minimum atomic E-state index is -5.08. The topological polar surface area (TPSA) is 115 Å². The van der Waals surface area contributed by atoms with Crippen molar-refractivity contribution in [1.29, 1.82) is 0 Å². The van der Waals surface area contributed by atoms with Crippen molar-refractivity contribution in [2.75, 3.05) is 56.7 Å². The largest absolute Gasteiger partial charge is 0.490 e. The van der Waals surface area contributed by atoms with Crippen LogP contribution in [0.5, 0.6) is 0 Å². The third-order valence-electron chi connectivity index (χ3n) is 5.87. The van der Waals surface area contributed by atoms with Gasteiger partial charge in [0.2, 0.25) is 0 Å². The van der Waals surface area contributed by atoms with Crippen molar-refractivity contribution >= 4 is 29.3 Å². The monoisotopic (exact) mass is 538 g/mol. The van der Waals surface area contributed by atoms with Gasteiger partial charge in [-0.25, -0.2) is 9.59 Å². The van der Waals surface area contributed by atoms with Crippen LogP contribution in [0.15, 0.2) is 47.5 Å². The fourth-order valence-electron chi connectivity index (χ4n) is 3.71. The maximum atomic E-state index is 11.3. The van der Waals surface area contributed by atoms with E-state index >= 15 is 0 Å². The van der Waals surface area contributed by atoms with Crippen LogP contribution in [0.3, 0.4) is 0 Å². The summed E-state index contributed by atoms with van der Waals surface area (Å²) in [7, 11) is 1.69. The molecule has 2 aromatic rings. The molecule has 3 N–H and O–H groups in total. The molecule has 0 bridgehead atoms. The van der Waals surface area contributed by atoms with Crippen molar-refractivity contribution in [3.05, 3.63) is 59.2 Å². The van der Waals surface area contributed by atoms with E-state index in [0.29, 0.717) is 13.2 Å². The number of hydrogen-bond donors (Lipinski definition) is 3. The van der Waals surface area contributed by atoms with E-state index < -0.39 is 18.1 Å².